The van der Waals surface area contributed by atoms with Crippen molar-refractivity contribution in [3.63, 3.8) is 0 Å². The summed E-state index contributed by atoms with van der Waals surface area (Å²) in [7, 11) is 0. The van der Waals surface area contributed by atoms with Gasteiger partial charge in [0.25, 0.3) is 0 Å². The van der Waals surface area contributed by atoms with Crippen molar-refractivity contribution in [2.24, 2.45) is 0 Å². The van der Waals surface area contributed by atoms with Crippen LogP contribution in [0.3, 0.4) is 0 Å². The van der Waals surface area contributed by atoms with Crippen LogP contribution < -0.4 is 29.6 Å². The molecule has 1 unspecified atom stereocenters. The van der Waals surface area contributed by atoms with E-state index >= 15 is 0 Å². The molecule has 0 aliphatic carbocycles. The molecule has 0 fully saturated rings. The zero-order valence-corrected chi connectivity index (χ0v) is 6.44. The smallest absolute Gasteiger partial charge is 0.425 e. The molecule has 0 rings (SSSR count). The molecule has 0 aromatic heterocycles. The fourth-order valence-electron chi connectivity index (χ4n) is 0. The van der Waals surface area contributed by atoms with Gasteiger partial charge in [-0.1, -0.05) is 19.4 Å². The second-order valence-corrected chi connectivity index (χ2v) is 1.06. The summed E-state index contributed by atoms with van der Waals surface area (Å²) in [6.07, 6.45) is 0.384. The normalized spacial score (nSPS) is 12.5. The fourth-order valence-corrected chi connectivity index (χ4v) is 0. The third-order valence-electron chi connectivity index (χ3n) is 0.471. The van der Waals surface area contributed by atoms with E-state index < -0.39 is 0 Å². The molecular weight excluding hydrogens is 87.0 g/mol. The van der Waals surface area contributed by atoms with Crippen LogP contribution in [0.1, 0.15) is 13.3 Å². The Morgan fingerprint density at radius 2 is 2.00 bits per heavy atom. The standard InChI is InChI=1S/C4H9O.Na/c1-3-4(2)5;/h4-5H,2-3H2,1H3;/q-1;+1. The van der Waals surface area contributed by atoms with E-state index in [1.165, 1.54) is 0 Å². The maximum Gasteiger partial charge on any atom is 1.00 e. The second kappa shape index (κ2) is 5.96. The van der Waals surface area contributed by atoms with E-state index in [0.717, 1.165) is 6.42 Å². The van der Waals surface area contributed by atoms with Gasteiger partial charge in [-0.15, -0.1) is 0 Å². The summed E-state index contributed by atoms with van der Waals surface area (Å²) in [5.74, 6) is 0. The van der Waals surface area contributed by atoms with Crippen molar-refractivity contribution in [3.8, 4) is 0 Å². The predicted molar refractivity (Wildman–Crippen MR) is 21.7 cm³/mol. The third kappa shape index (κ3) is 8.88. The van der Waals surface area contributed by atoms with Crippen LogP contribution in [0.25, 0.3) is 0 Å². The van der Waals surface area contributed by atoms with Gasteiger partial charge in [0.2, 0.25) is 0 Å². The van der Waals surface area contributed by atoms with Crippen molar-refractivity contribution in [1.29, 1.82) is 0 Å². The molecule has 0 heterocycles. The molecule has 1 atom stereocenters. The summed E-state index contributed by atoms with van der Waals surface area (Å²) < 4.78 is 0. The Labute approximate surface area is 61.0 Å². The van der Waals surface area contributed by atoms with Crippen molar-refractivity contribution in [2.75, 3.05) is 0 Å². The summed E-state index contributed by atoms with van der Waals surface area (Å²) >= 11 is 0. The molecular formula is C4H9NaO. The van der Waals surface area contributed by atoms with Crippen molar-refractivity contribution in [1.82, 2.24) is 0 Å². The number of rotatable bonds is 1. The second-order valence-electron chi connectivity index (χ2n) is 1.06. The minimum atomic E-state index is -0.366. The summed E-state index contributed by atoms with van der Waals surface area (Å²) in [6.45, 7) is 5.20. The summed E-state index contributed by atoms with van der Waals surface area (Å²) in [5.41, 5.74) is 0. The number of hydrogen-bond donors (Lipinski definition) is 1. The van der Waals surface area contributed by atoms with Crippen molar-refractivity contribution in [3.05, 3.63) is 6.92 Å². The number of aliphatic hydroxyl groups excluding tert-OH is 1. The first-order valence-corrected chi connectivity index (χ1v) is 1.78. The van der Waals surface area contributed by atoms with Gasteiger partial charge in [-0.05, 0) is 0 Å². The van der Waals surface area contributed by atoms with Crippen molar-refractivity contribution < 1.29 is 34.7 Å². The molecule has 2 heteroatoms. The minimum absolute atomic E-state index is 0. The summed E-state index contributed by atoms with van der Waals surface area (Å²) in [6, 6.07) is 0. The molecule has 0 aromatic carbocycles. The maximum absolute atomic E-state index is 8.25. The topological polar surface area (TPSA) is 20.2 Å². The summed E-state index contributed by atoms with van der Waals surface area (Å²) in [5, 5.41) is 8.25. The van der Waals surface area contributed by atoms with Gasteiger partial charge >= 0.3 is 29.6 Å². The molecule has 0 aromatic rings. The predicted octanol–water partition coefficient (Wildman–Crippen LogP) is -2.40. The monoisotopic (exact) mass is 96.1 g/mol. The van der Waals surface area contributed by atoms with E-state index in [2.05, 4.69) is 6.92 Å². The first kappa shape index (κ1) is 10.0. The van der Waals surface area contributed by atoms with Gasteiger partial charge in [-0.2, -0.15) is 0 Å². The Kier molecular flexibility index (Phi) is 9.98. The van der Waals surface area contributed by atoms with Gasteiger partial charge in [0, 0.05) is 0 Å². The van der Waals surface area contributed by atoms with Crippen LogP contribution in [0, 0.1) is 6.92 Å². The van der Waals surface area contributed by atoms with E-state index in [-0.39, 0.29) is 35.7 Å². The Morgan fingerprint density at radius 3 is 2.00 bits per heavy atom. The average Bonchev–Trinajstić information content (AvgIpc) is 1.38. The van der Waals surface area contributed by atoms with Gasteiger partial charge < -0.3 is 12.0 Å². The van der Waals surface area contributed by atoms with Crippen LogP contribution in [0.5, 0.6) is 0 Å². The van der Waals surface area contributed by atoms with Crippen LogP contribution in [0.15, 0.2) is 0 Å². The maximum atomic E-state index is 8.25. The molecule has 0 spiro atoms. The molecule has 1 nitrogen and oxygen atoms in total. The molecule has 0 aliphatic heterocycles. The molecule has 0 aliphatic rings. The van der Waals surface area contributed by atoms with Gasteiger partial charge in [-0.3, -0.25) is 0 Å². The molecule has 32 valence electrons. The molecule has 0 radical (unpaired) electrons. The first-order valence-electron chi connectivity index (χ1n) is 1.78. The van der Waals surface area contributed by atoms with E-state index in [0.29, 0.717) is 0 Å². The van der Waals surface area contributed by atoms with Crippen LogP contribution in [-0.4, -0.2) is 11.2 Å². The van der Waals surface area contributed by atoms with Crippen LogP contribution in [0.2, 0.25) is 0 Å². The van der Waals surface area contributed by atoms with Crippen molar-refractivity contribution in [2.45, 2.75) is 19.4 Å². The Morgan fingerprint density at radius 1 is 1.83 bits per heavy atom. The first-order chi connectivity index (χ1) is 2.27. The minimum Gasteiger partial charge on any atom is -0.425 e. The molecule has 0 saturated carbocycles. The number of hydrogen-bond acceptors (Lipinski definition) is 1. The van der Waals surface area contributed by atoms with E-state index in [1.54, 1.807) is 0 Å². The zero-order valence-electron chi connectivity index (χ0n) is 4.44. The average molecular weight is 96.1 g/mol. The van der Waals surface area contributed by atoms with Crippen LogP contribution in [-0.2, 0) is 0 Å². The van der Waals surface area contributed by atoms with E-state index in [4.69, 9.17) is 5.11 Å². The fraction of sp³-hybridized carbons (Fsp3) is 0.750. The van der Waals surface area contributed by atoms with Gasteiger partial charge in [0.05, 0.1) is 0 Å². The molecule has 0 bridgehead atoms. The zero-order chi connectivity index (χ0) is 4.28. The molecule has 0 amide bonds. The van der Waals surface area contributed by atoms with Gasteiger partial charge in [-0.25, -0.2) is 0 Å². The van der Waals surface area contributed by atoms with Crippen LogP contribution >= 0.6 is 0 Å². The third-order valence-corrected chi connectivity index (χ3v) is 0.471. The van der Waals surface area contributed by atoms with E-state index in [1.807, 2.05) is 6.92 Å². The van der Waals surface area contributed by atoms with Crippen molar-refractivity contribution >= 4 is 0 Å². The largest absolute Gasteiger partial charge is 1.00 e. The molecule has 0 saturated heterocycles. The Hall–Kier alpha value is 0.960. The number of aliphatic hydroxyl groups is 1. The summed E-state index contributed by atoms with van der Waals surface area (Å²) in [4.78, 5) is 0. The Bertz CT molecular complexity index is 21.5. The Balaban J connectivity index is 0. The van der Waals surface area contributed by atoms with Gasteiger partial charge in [0.1, 0.15) is 0 Å². The van der Waals surface area contributed by atoms with E-state index in [9.17, 15) is 0 Å². The van der Waals surface area contributed by atoms with Gasteiger partial charge in [0.15, 0.2) is 0 Å². The van der Waals surface area contributed by atoms with Crippen LogP contribution in [0.4, 0.5) is 0 Å². The molecule has 1 N–H and O–H groups in total. The molecule has 6 heavy (non-hydrogen) atoms. The quantitative estimate of drug-likeness (QED) is 0.285. The SMILES string of the molecule is [CH2-]C(O)CC.[Na+].